The van der Waals surface area contributed by atoms with Crippen molar-refractivity contribution in [3.05, 3.63) is 54.0 Å². The predicted octanol–water partition coefficient (Wildman–Crippen LogP) is 3.40. The number of aromatic nitrogens is 1. The van der Waals surface area contributed by atoms with Crippen LogP contribution in [0.15, 0.2) is 42.5 Å². The Morgan fingerprint density at radius 2 is 2.21 bits per heavy atom. The molecule has 0 fully saturated rings. The molecule has 2 rings (SSSR count). The van der Waals surface area contributed by atoms with Crippen molar-refractivity contribution in [1.29, 1.82) is 0 Å². The van der Waals surface area contributed by atoms with Gasteiger partial charge in [0.05, 0.1) is 6.61 Å². The molecule has 1 N–H and O–H groups in total. The maximum absolute atomic E-state index is 13.1. The predicted molar refractivity (Wildman–Crippen MR) is 71.9 cm³/mol. The van der Waals surface area contributed by atoms with Crippen molar-refractivity contribution in [1.82, 2.24) is 4.98 Å². The van der Waals surface area contributed by atoms with Crippen LogP contribution in [0.1, 0.15) is 12.6 Å². The standard InChI is InChI=1S/C15H14FNO2/c1-2-19-15(18)9-7-13-6-8-14(17-13)11-4-3-5-12(16)10-11/h3-10,17H,2H2,1H3/b9-7+. The lowest BCUT2D eigenvalue weighted by Crippen LogP contribution is -1.98. The van der Waals surface area contributed by atoms with Crippen LogP contribution in [0.3, 0.4) is 0 Å². The summed E-state index contributed by atoms with van der Waals surface area (Å²) in [7, 11) is 0. The number of esters is 1. The van der Waals surface area contributed by atoms with Crippen molar-refractivity contribution in [2.24, 2.45) is 0 Å². The third-order valence-electron chi connectivity index (χ3n) is 2.53. The first-order valence-corrected chi connectivity index (χ1v) is 5.99. The van der Waals surface area contributed by atoms with E-state index in [4.69, 9.17) is 4.74 Å². The summed E-state index contributed by atoms with van der Waals surface area (Å²) in [5.41, 5.74) is 2.31. The summed E-state index contributed by atoms with van der Waals surface area (Å²) in [6.07, 6.45) is 2.98. The Kier molecular flexibility index (Phi) is 4.13. The highest BCUT2D eigenvalue weighted by molar-refractivity contribution is 5.86. The van der Waals surface area contributed by atoms with E-state index < -0.39 is 0 Å². The third kappa shape index (κ3) is 3.55. The second-order valence-electron chi connectivity index (χ2n) is 3.92. The van der Waals surface area contributed by atoms with Crippen molar-refractivity contribution in [3.8, 4) is 11.3 Å². The van der Waals surface area contributed by atoms with Gasteiger partial charge >= 0.3 is 5.97 Å². The van der Waals surface area contributed by atoms with Crippen LogP contribution in [-0.4, -0.2) is 17.6 Å². The fraction of sp³-hybridized carbons (Fsp3) is 0.133. The number of rotatable bonds is 4. The summed E-state index contributed by atoms with van der Waals surface area (Å²) < 4.78 is 17.9. The number of hydrogen-bond acceptors (Lipinski definition) is 2. The molecule has 1 heterocycles. The quantitative estimate of drug-likeness (QED) is 0.675. The molecule has 2 aromatic rings. The van der Waals surface area contributed by atoms with Gasteiger partial charge in [-0.2, -0.15) is 0 Å². The molecule has 0 aliphatic heterocycles. The Labute approximate surface area is 110 Å². The molecule has 0 radical (unpaired) electrons. The van der Waals surface area contributed by atoms with Crippen molar-refractivity contribution in [2.45, 2.75) is 6.92 Å². The number of nitrogens with one attached hydrogen (secondary N) is 1. The topological polar surface area (TPSA) is 42.1 Å². The largest absolute Gasteiger partial charge is 0.463 e. The fourth-order valence-corrected chi connectivity index (χ4v) is 1.68. The zero-order valence-corrected chi connectivity index (χ0v) is 10.5. The third-order valence-corrected chi connectivity index (χ3v) is 2.53. The van der Waals surface area contributed by atoms with Gasteiger partial charge in [-0.05, 0) is 37.3 Å². The van der Waals surface area contributed by atoms with E-state index in [2.05, 4.69) is 4.98 Å². The Morgan fingerprint density at radius 1 is 1.37 bits per heavy atom. The minimum Gasteiger partial charge on any atom is -0.463 e. The SMILES string of the molecule is CCOC(=O)/C=C/c1ccc(-c2cccc(F)c2)[nH]1. The van der Waals surface area contributed by atoms with Crippen molar-refractivity contribution < 1.29 is 13.9 Å². The first-order chi connectivity index (χ1) is 9.19. The number of H-pyrrole nitrogens is 1. The van der Waals surface area contributed by atoms with E-state index in [-0.39, 0.29) is 11.8 Å². The summed E-state index contributed by atoms with van der Waals surface area (Å²) in [6.45, 7) is 2.10. The van der Waals surface area contributed by atoms with Gasteiger partial charge < -0.3 is 9.72 Å². The number of hydrogen-bond donors (Lipinski definition) is 1. The lowest BCUT2D eigenvalue weighted by molar-refractivity contribution is -0.137. The van der Waals surface area contributed by atoms with E-state index in [1.165, 1.54) is 18.2 Å². The molecule has 1 aromatic carbocycles. The monoisotopic (exact) mass is 259 g/mol. The first-order valence-electron chi connectivity index (χ1n) is 5.99. The first kappa shape index (κ1) is 13.1. The highest BCUT2D eigenvalue weighted by Crippen LogP contribution is 2.19. The fourth-order valence-electron chi connectivity index (χ4n) is 1.68. The normalized spacial score (nSPS) is 10.8. The molecule has 0 saturated heterocycles. The Bertz CT molecular complexity index is 602. The van der Waals surface area contributed by atoms with Crippen LogP contribution in [-0.2, 0) is 9.53 Å². The average Bonchev–Trinajstić information content (AvgIpc) is 2.85. The van der Waals surface area contributed by atoms with E-state index in [1.54, 1.807) is 19.1 Å². The highest BCUT2D eigenvalue weighted by Gasteiger charge is 2.02. The van der Waals surface area contributed by atoms with Gasteiger partial charge in [0.25, 0.3) is 0 Å². The molecule has 3 nitrogen and oxygen atoms in total. The van der Waals surface area contributed by atoms with E-state index in [0.29, 0.717) is 6.61 Å². The van der Waals surface area contributed by atoms with Crippen LogP contribution in [0, 0.1) is 5.82 Å². The zero-order valence-electron chi connectivity index (χ0n) is 10.5. The molecular formula is C15H14FNO2. The van der Waals surface area contributed by atoms with Gasteiger partial charge in [0.2, 0.25) is 0 Å². The molecule has 0 atom stereocenters. The number of ether oxygens (including phenoxy) is 1. The summed E-state index contributed by atoms with van der Waals surface area (Å²) >= 11 is 0. The molecule has 0 unspecified atom stereocenters. The minimum atomic E-state index is -0.385. The molecule has 0 spiro atoms. The molecular weight excluding hydrogens is 245 g/mol. The highest BCUT2D eigenvalue weighted by atomic mass is 19.1. The van der Waals surface area contributed by atoms with Gasteiger partial charge in [-0.15, -0.1) is 0 Å². The van der Waals surface area contributed by atoms with Gasteiger partial charge in [-0.1, -0.05) is 12.1 Å². The molecule has 0 aliphatic rings. The lowest BCUT2D eigenvalue weighted by Gasteiger charge is -1.97. The summed E-state index contributed by atoms with van der Waals surface area (Å²) in [6, 6.07) is 9.96. The van der Waals surface area contributed by atoms with Crippen LogP contribution in [0.5, 0.6) is 0 Å². The number of benzene rings is 1. The molecule has 98 valence electrons. The van der Waals surface area contributed by atoms with Gasteiger partial charge in [-0.25, -0.2) is 9.18 Å². The summed E-state index contributed by atoms with van der Waals surface area (Å²) in [4.78, 5) is 14.3. The van der Waals surface area contributed by atoms with Gasteiger partial charge in [0.15, 0.2) is 0 Å². The molecule has 0 amide bonds. The molecule has 0 saturated carbocycles. The van der Waals surface area contributed by atoms with Gasteiger partial charge in [0.1, 0.15) is 5.82 Å². The van der Waals surface area contributed by atoms with Crippen LogP contribution in [0.25, 0.3) is 17.3 Å². The zero-order chi connectivity index (χ0) is 13.7. The maximum Gasteiger partial charge on any atom is 0.330 e. The second-order valence-corrected chi connectivity index (χ2v) is 3.92. The van der Waals surface area contributed by atoms with Crippen molar-refractivity contribution >= 4 is 12.0 Å². The number of halogens is 1. The van der Waals surface area contributed by atoms with E-state index in [9.17, 15) is 9.18 Å². The molecule has 0 bridgehead atoms. The Hall–Kier alpha value is -2.36. The van der Waals surface area contributed by atoms with Gasteiger partial charge in [-0.3, -0.25) is 0 Å². The van der Waals surface area contributed by atoms with Crippen LogP contribution in [0.2, 0.25) is 0 Å². The minimum absolute atomic E-state index is 0.282. The van der Waals surface area contributed by atoms with Gasteiger partial charge in [0, 0.05) is 23.0 Å². The summed E-state index contributed by atoms with van der Waals surface area (Å²) in [5, 5.41) is 0. The molecule has 4 heteroatoms. The van der Waals surface area contributed by atoms with Crippen LogP contribution in [0.4, 0.5) is 4.39 Å². The molecule has 1 aromatic heterocycles. The van der Waals surface area contributed by atoms with E-state index >= 15 is 0 Å². The number of carbonyl (C=O) groups excluding carboxylic acids is 1. The van der Waals surface area contributed by atoms with Crippen LogP contribution >= 0.6 is 0 Å². The smallest absolute Gasteiger partial charge is 0.330 e. The van der Waals surface area contributed by atoms with Crippen molar-refractivity contribution in [2.75, 3.05) is 6.61 Å². The Morgan fingerprint density at radius 3 is 2.95 bits per heavy atom. The summed E-state index contributed by atoms with van der Waals surface area (Å²) in [5.74, 6) is -0.667. The maximum atomic E-state index is 13.1. The van der Waals surface area contributed by atoms with E-state index in [1.807, 2.05) is 18.2 Å². The van der Waals surface area contributed by atoms with E-state index in [0.717, 1.165) is 17.0 Å². The molecule has 19 heavy (non-hydrogen) atoms. The second kappa shape index (κ2) is 6.00. The Balaban J connectivity index is 2.13. The molecule has 0 aliphatic carbocycles. The average molecular weight is 259 g/mol. The van der Waals surface area contributed by atoms with Crippen LogP contribution < -0.4 is 0 Å². The lowest BCUT2D eigenvalue weighted by atomic mass is 10.1. The van der Waals surface area contributed by atoms with Crippen molar-refractivity contribution in [3.63, 3.8) is 0 Å². The number of carbonyl (C=O) groups is 1. The number of aromatic amines is 1.